The zero-order chi connectivity index (χ0) is 20.3. The first-order chi connectivity index (χ1) is 13.8. The molecule has 0 amide bonds. The Morgan fingerprint density at radius 3 is 2.36 bits per heavy atom. The molecule has 1 aliphatic rings. The Bertz CT molecular complexity index is 452. The van der Waals surface area contributed by atoms with Crippen LogP contribution in [0.5, 0.6) is 0 Å². The van der Waals surface area contributed by atoms with E-state index in [-0.39, 0.29) is 39.8 Å². The van der Waals surface area contributed by atoms with Gasteiger partial charge in [0, 0.05) is 11.2 Å². The average Bonchev–Trinajstić information content (AvgIpc) is 2.70. The van der Waals surface area contributed by atoms with Crippen LogP contribution in [0.2, 0.25) is 0 Å². The molecule has 28 heavy (non-hydrogen) atoms. The highest BCUT2D eigenvalue weighted by atomic mass is 17.5. The number of hydroxylamine groups is 4. The van der Waals surface area contributed by atoms with Crippen LogP contribution in [0, 0.1) is 0 Å². The SMILES string of the molecule is C/C=C/OOCCON1CN(/C=C\OOCCOO)CN(OOO/C=C/O)C1. The molecule has 0 unspecified atom stereocenters. The van der Waals surface area contributed by atoms with Crippen LogP contribution in [-0.4, -0.2) is 71.8 Å². The first-order valence-corrected chi connectivity index (χ1v) is 8.07. The van der Waals surface area contributed by atoms with E-state index in [0.717, 1.165) is 6.26 Å². The summed E-state index contributed by atoms with van der Waals surface area (Å²) in [4.78, 5) is 39.6. The first kappa shape index (κ1) is 23.9. The van der Waals surface area contributed by atoms with Gasteiger partial charge in [0.2, 0.25) is 0 Å². The molecule has 1 rings (SSSR count). The van der Waals surface area contributed by atoms with Gasteiger partial charge in [-0.2, -0.15) is 14.8 Å². The molecule has 2 N–H and O–H groups in total. The zero-order valence-corrected chi connectivity index (χ0v) is 15.3. The summed E-state index contributed by atoms with van der Waals surface area (Å²) in [6.45, 7) is 3.04. The van der Waals surface area contributed by atoms with Crippen LogP contribution in [0.25, 0.3) is 0 Å². The Balaban J connectivity index is 2.39. The van der Waals surface area contributed by atoms with E-state index in [2.05, 4.69) is 14.8 Å². The van der Waals surface area contributed by atoms with Crippen molar-refractivity contribution in [2.75, 3.05) is 46.4 Å². The van der Waals surface area contributed by atoms with Gasteiger partial charge in [-0.05, 0) is 13.0 Å². The second-order valence-electron chi connectivity index (χ2n) is 4.76. The summed E-state index contributed by atoms with van der Waals surface area (Å²) in [6, 6.07) is 0. The fourth-order valence-corrected chi connectivity index (χ4v) is 1.66. The summed E-state index contributed by atoms with van der Waals surface area (Å²) in [5.41, 5.74) is 0. The molecule has 1 saturated heterocycles. The standard InChI is InChI=1S/C14H25N3O11/c1-2-5-22-24-10-8-20-16-12-15(3-6-23-25-11-9-21-19)13-17(14-16)27-28-26-7-4-18/h2-7,18-19H,8-14H2,1H3/b5-2+,6-3-,7-4+. The van der Waals surface area contributed by atoms with Crippen molar-refractivity contribution >= 4 is 0 Å². The maximum Gasteiger partial charge on any atom is 0.167 e. The molecule has 0 spiro atoms. The van der Waals surface area contributed by atoms with E-state index in [4.69, 9.17) is 39.7 Å². The van der Waals surface area contributed by atoms with Crippen LogP contribution in [0.1, 0.15) is 6.92 Å². The highest BCUT2D eigenvalue weighted by molar-refractivity contribution is 4.75. The lowest BCUT2D eigenvalue weighted by Crippen LogP contribution is -2.52. The molecule has 0 radical (unpaired) electrons. The number of hydrogen-bond acceptors (Lipinski definition) is 14. The third-order valence-corrected chi connectivity index (χ3v) is 2.64. The summed E-state index contributed by atoms with van der Waals surface area (Å²) in [5, 5.41) is 24.0. The molecule has 0 bridgehead atoms. The van der Waals surface area contributed by atoms with Crippen molar-refractivity contribution in [1.29, 1.82) is 0 Å². The minimum atomic E-state index is -0.0275. The van der Waals surface area contributed by atoms with E-state index in [1.165, 1.54) is 17.6 Å². The summed E-state index contributed by atoms with van der Waals surface area (Å²) in [5.74, 6) is 0. The molecular formula is C14H25N3O11. The van der Waals surface area contributed by atoms with E-state index in [1.807, 2.05) is 0 Å². The Hall–Kier alpha value is -2.14. The van der Waals surface area contributed by atoms with E-state index in [1.54, 1.807) is 29.2 Å². The predicted molar refractivity (Wildman–Crippen MR) is 87.7 cm³/mol. The van der Waals surface area contributed by atoms with Crippen molar-refractivity contribution in [1.82, 2.24) is 15.0 Å². The molecule has 162 valence electrons. The predicted octanol–water partition coefficient (Wildman–Crippen LogP) is 0.925. The van der Waals surface area contributed by atoms with Gasteiger partial charge in [-0.15, -0.1) is 5.06 Å². The minimum absolute atomic E-state index is 0.0275. The van der Waals surface area contributed by atoms with Gasteiger partial charge in [0.25, 0.3) is 0 Å². The van der Waals surface area contributed by atoms with Crippen LogP contribution in [0.4, 0.5) is 0 Å². The van der Waals surface area contributed by atoms with Gasteiger partial charge < -0.3 is 24.7 Å². The molecule has 1 aliphatic heterocycles. The van der Waals surface area contributed by atoms with Crippen LogP contribution >= 0.6 is 0 Å². The monoisotopic (exact) mass is 411 g/mol. The molecule has 1 fully saturated rings. The van der Waals surface area contributed by atoms with Gasteiger partial charge in [-0.3, -0.25) is 10.1 Å². The molecular weight excluding hydrogens is 386 g/mol. The molecule has 0 aromatic carbocycles. The summed E-state index contributed by atoms with van der Waals surface area (Å²) >= 11 is 0. The van der Waals surface area contributed by atoms with Crippen molar-refractivity contribution in [2.24, 2.45) is 0 Å². The van der Waals surface area contributed by atoms with Gasteiger partial charge in [-0.25, -0.2) is 4.89 Å². The van der Waals surface area contributed by atoms with Gasteiger partial charge in [-0.1, -0.05) is 4.99 Å². The van der Waals surface area contributed by atoms with Crippen molar-refractivity contribution < 1.29 is 54.6 Å². The normalized spacial score (nSPS) is 16.6. The van der Waals surface area contributed by atoms with Crippen molar-refractivity contribution in [3.8, 4) is 0 Å². The van der Waals surface area contributed by atoms with Crippen LogP contribution in [-0.2, 0) is 44.2 Å². The number of aliphatic hydroxyl groups is 1. The van der Waals surface area contributed by atoms with Gasteiger partial charge in [0.05, 0.1) is 13.3 Å². The number of hydrogen-bond donors (Lipinski definition) is 2. The second kappa shape index (κ2) is 17.0. The third kappa shape index (κ3) is 12.3. The summed E-state index contributed by atoms with van der Waals surface area (Å²) in [6.07, 6.45) is 7.43. The van der Waals surface area contributed by atoms with Gasteiger partial charge >= 0.3 is 0 Å². The molecule has 0 aromatic rings. The van der Waals surface area contributed by atoms with Crippen LogP contribution in [0.3, 0.4) is 0 Å². The largest absolute Gasteiger partial charge is 0.512 e. The Morgan fingerprint density at radius 1 is 0.857 bits per heavy atom. The molecule has 0 saturated carbocycles. The summed E-state index contributed by atoms with van der Waals surface area (Å²) < 4.78 is 0. The molecule has 0 aliphatic carbocycles. The Morgan fingerprint density at radius 2 is 1.61 bits per heavy atom. The Labute approximate surface area is 161 Å². The van der Waals surface area contributed by atoms with Crippen LogP contribution in [0.15, 0.2) is 37.3 Å². The zero-order valence-electron chi connectivity index (χ0n) is 15.3. The Kier molecular flexibility index (Phi) is 14.5. The molecule has 1 heterocycles. The highest BCUT2D eigenvalue weighted by Gasteiger charge is 2.24. The summed E-state index contributed by atoms with van der Waals surface area (Å²) in [7, 11) is 0. The minimum Gasteiger partial charge on any atom is -0.512 e. The van der Waals surface area contributed by atoms with E-state index < -0.39 is 0 Å². The van der Waals surface area contributed by atoms with Crippen molar-refractivity contribution in [2.45, 2.75) is 6.92 Å². The van der Waals surface area contributed by atoms with Crippen molar-refractivity contribution in [3.63, 3.8) is 0 Å². The molecule has 14 nitrogen and oxygen atoms in total. The number of aliphatic hydroxyl groups excluding tert-OH is 1. The van der Waals surface area contributed by atoms with Gasteiger partial charge in [0.1, 0.15) is 51.9 Å². The average molecular weight is 411 g/mol. The quantitative estimate of drug-likeness (QED) is 0.161. The fraction of sp³-hybridized carbons (Fsp3) is 0.571. The smallest absolute Gasteiger partial charge is 0.167 e. The third-order valence-electron chi connectivity index (χ3n) is 2.64. The van der Waals surface area contributed by atoms with Gasteiger partial charge in [0.15, 0.2) is 6.26 Å². The van der Waals surface area contributed by atoms with Crippen LogP contribution < -0.4 is 0 Å². The lowest BCUT2D eigenvalue weighted by atomic mass is 10.6. The second-order valence-corrected chi connectivity index (χ2v) is 4.76. The highest BCUT2D eigenvalue weighted by Crippen LogP contribution is 2.10. The van der Waals surface area contributed by atoms with Crippen molar-refractivity contribution in [3.05, 3.63) is 37.3 Å². The van der Waals surface area contributed by atoms with E-state index >= 15 is 0 Å². The lowest BCUT2D eigenvalue weighted by molar-refractivity contribution is -0.577. The topological polar surface area (TPSA) is 133 Å². The van der Waals surface area contributed by atoms with E-state index in [0.29, 0.717) is 12.9 Å². The fourth-order valence-electron chi connectivity index (χ4n) is 1.66. The maximum atomic E-state index is 8.46. The lowest BCUT2D eigenvalue weighted by Gasteiger charge is -2.38. The number of rotatable bonds is 16. The first-order valence-electron chi connectivity index (χ1n) is 8.07. The molecule has 0 aromatic heterocycles. The molecule has 0 atom stereocenters. The number of nitrogens with zero attached hydrogens (tertiary/aromatic N) is 3. The molecule has 14 heteroatoms. The van der Waals surface area contributed by atoms with E-state index in [9.17, 15) is 0 Å². The maximum absolute atomic E-state index is 8.46. The number of allylic oxidation sites excluding steroid dienone is 1.